The van der Waals surface area contributed by atoms with Crippen LogP contribution < -0.4 is 5.73 Å². The number of rotatable bonds is 5. The van der Waals surface area contributed by atoms with E-state index in [1.54, 1.807) is 24.3 Å². The maximum absolute atomic E-state index is 12.1. The minimum absolute atomic E-state index is 0.220. The molecule has 1 amide bonds. The smallest absolute Gasteiger partial charge is 0.408 e. The van der Waals surface area contributed by atoms with E-state index >= 15 is 0 Å². The van der Waals surface area contributed by atoms with Crippen molar-refractivity contribution in [3.63, 3.8) is 0 Å². The molecule has 28 heavy (non-hydrogen) atoms. The molecule has 0 aliphatic carbocycles. The summed E-state index contributed by atoms with van der Waals surface area (Å²) in [5.74, 6) is -0.402. The van der Waals surface area contributed by atoms with Gasteiger partial charge in [-0.25, -0.2) is 9.59 Å². The molecule has 0 bridgehead atoms. The quantitative estimate of drug-likeness (QED) is 0.410. The second kappa shape index (κ2) is 10.7. The SMILES string of the molecule is CC(C)(C)N(Cc1ccc(C(=O)OCc2ccccc2)cc1)C(=O)O.N=CN. The van der Waals surface area contributed by atoms with Crippen LogP contribution in [0.25, 0.3) is 0 Å². The van der Waals surface area contributed by atoms with Gasteiger partial charge in [-0.05, 0) is 44.0 Å². The van der Waals surface area contributed by atoms with E-state index in [1.165, 1.54) is 4.90 Å². The Morgan fingerprint density at radius 3 is 2.07 bits per heavy atom. The number of nitrogens with one attached hydrogen (secondary N) is 1. The molecule has 7 heteroatoms. The van der Waals surface area contributed by atoms with E-state index in [0.717, 1.165) is 17.5 Å². The molecular weight excluding hydrogens is 358 g/mol. The summed E-state index contributed by atoms with van der Waals surface area (Å²) in [5.41, 5.74) is 6.07. The predicted octanol–water partition coefficient (Wildman–Crippen LogP) is 3.87. The van der Waals surface area contributed by atoms with Crippen molar-refractivity contribution in [2.24, 2.45) is 5.73 Å². The molecule has 150 valence electrons. The highest BCUT2D eigenvalue weighted by Gasteiger charge is 2.26. The molecule has 0 spiro atoms. The molecule has 0 heterocycles. The lowest BCUT2D eigenvalue weighted by Crippen LogP contribution is -2.44. The van der Waals surface area contributed by atoms with Crippen molar-refractivity contribution in [2.75, 3.05) is 0 Å². The van der Waals surface area contributed by atoms with E-state index in [-0.39, 0.29) is 13.2 Å². The molecule has 0 aromatic heterocycles. The van der Waals surface area contributed by atoms with E-state index in [9.17, 15) is 14.7 Å². The molecule has 0 aliphatic rings. The van der Waals surface area contributed by atoms with E-state index < -0.39 is 17.6 Å². The molecule has 0 radical (unpaired) electrons. The number of nitrogens with two attached hydrogens (primary N) is 1. The summed E-state index contributed by atoms with van der Waals surface area (Å²) in [6.07, 6.45) is -0.223. The molecule has 4 N–H and O–H groups in total. The number of carbonyl (C=O) groups is 2. The molecule has 7 nitrogen and oxygen atoms in total. The van der Waals surface area contributed by atoms with Crippen molar-refractivity contribution in [1.82, 2.24) is 4.90 Å². The van der Waals surface area contributed by atoms with Crippen molar-refractivity contribution in [3.05, 3.63) is 71.3 Å². The standard InChI is InChI=1S/C20H23NO4.CH4N2/c1-20(2,3)21(19(23)24)13-15-9-11-17(12-10-15)18(22)25-14-16-7-5-4-6-8-16;2-1-3/h4-12H,13-14H2,1-3H3,(H,23,24);1H,(H3,2,3). The number of amides is 1. The zero-order valence-electron chi connectivity index (χ0n) is 16.4. The van der Waals surface area contributed by atoms with Crippen LogP contribution in [0.3, 0.4) is 0 Å². The molecule has 0 saturated carbocycles. The van der Waals surface area contributed by atoms with Crippen molar-refractivity contribution in [2.45, 2.75) is 39.5 Å². The number of hydrogen-bond acceptors (Lipinski definition) is 4. The Hall–Kier alpha value is -3.35. The molecule has 2 aromatic carbocycles. The molecule has 0 saturated heterocycles. The van der Waals surface area contributed by atoms with E-state index in [0.29, 0.717) is 5.56 Å². The van der Waals surface area contributed by atoms with Gasteiger partial charge in [0.2, 0.25) is 0 Å². The van der Waals surface area contributed by atoms with Gasteiger partial charge in [-0.2, -0.15) is 0 Å². The van der Waals surface area contributed by atoms with Crippen LogP contribution in [0.1, 0.15) is 42.3 Å². The molecular formula is C21H27N3O4. The third-order valence-corrected chi connectivity index (χ3v) is 3.78. The highest BCUT2D eigenvalue weighted by Crippen LogP contribution is 2.18. The van der Waals surface area contributed by atoms with Crippen LogP contribution >= 0.6 is 0 Å². The summed E-state index contributed by atoms with van der Waals surface area (Å²) in [7, 11) is 0. The number of ether oxygens (including phenoxy) is 1. The monoisotopic (exact) mass is 385 g/mol. The number of hydrogen-bond donors (Lipinski definition) is 3. The highest BCUT2D eigenvalue weighted by atomic mass is 16.5. The van der Waals surface area contributed by atoms with Crippen LogP contribution in [0.5, 0.6) is 0 Å². The largest absolute Gasteiger partial charge is 0.465 e. The van der Waals surface area contributed by atoms with Gasteiger partial charge in [-0.1, -0.05) is 42.5 Å². The van der Waals surface area contributed by atoms with E-state index in [4.69, 9.17) is 10.1 Å². The first-order valence-corrected chi connectivity index (χ1v) is 8.70. The van der Waals surface area contributed by atoms with Crippen LogP contribution in [0.2, 0.25) is 0 Å². The van der Waals surface area contributed by atoms with E-state index in [1.807, 2.05) is 51.1 Å². The summed E-state index contributed by atoms with van der Waals surface area (Å²) in [6.45, 7) is 6.01. The normalized spacial score (nSPS) is 10.2. The van der Waals surface area contributed by atoms with Gasteiger partial charge in [0.1, 0.15) is 6.61 Å². The van der Waals surface area contributed by atoms with E-state index in [2.05, 4.69) is 5.73 Å². The lowest BCUT2D eigenvalue weighted by Gasteiger charge is -2.33. The molecule has 2 aromatic rings. The third-order valence-electron chi connectivity index (χ3n) is 3.78. The maximum atomic E-state index is 12.1. The lowest BCUT2D eigenvalue weighted by atomic mass is 10.0. The lowest BCUT2D eigenvalue weighted by molar-refractivity contribution is 0.0472. The number of esters is 1. The van der Waals surface area contributed by atoms with Crippen molar-refractivity contribution in [1.29, 1.82) is 5.41 Å². The summed E-state index contributed by atoms with van der Waals surface area (Å²) in [5, 5.41) is 15.2. The second-order valence-corrected chi connectivity index (χ2v) is 6.96. The van der Waals surface area contributed by atoms with Gasteiger partial charge in [0.25, 0.3) is 0 Å². The van der Waals surface area contributed by atoms with Gasteiger partial charge < -0.3 is 15.6 Å². The minimum atomic E-state index is -0.973. The molecule has 0 atom stereocenters. The first kappa shape index (κ1) is 22.7. The summed E-state index contributed by atoms with van der Waals surface area (Å²) >= 11 is 0. The summed E-state index contributed by atoms with van der Waals surface area (Å²) < 4.78 is 5.28. The van der Waals surface area contributed by atoms with Crippen LogP contribution in [0, 0.1) is 5.41 Å². The third kappa shape index (κ3) is 7.49. The number of nitrogens with zero attached hydrogens (tertiary/aromatic N) is 1. The Morgan fingerprint density at radius 1 is 1.07 bits per heavy atom. The topological polar surface area (TPSA) is 117 Å². The van der Waals surface area contributed by atoms with Gasteiger partial charge in [0.15, 0.2) is 0 Å². The average Bonchev–Trinajstić information content (AvgIpc) is 2.65. The maximum Gasteiger partial charge on any atom is 0.408 e. The average molecular weight is 385 g/mol. The predicted molar refractivity (Wildman–Crippen MR) is 108 cm³/mol. The Balaban J connectivity index is 0.00000122. The fourth-order valence-electron chi connectivity index (χ4n) is 2.33. The summed E-state index contributed by atoms with van der Waals surface area (Å²) in [6, 6.07) is 16.3. The minimum Gasteiger partial charge on any atom is -0.465 e. The Labute approximate surface area is 165 Å². The number of benzene rings is 2. The first-order chi connectivity index (χ1) is 13.2. The van der Waals surface area contributed by atoms with Gasteiger partial charge >= 0.3 is 12.1 Å². The zero-order chi connectivity index (χ0) is 21.2. The first-order valence-electron chi connectivity index (χ1n) is 8.70. The molecule has 0 fully saturated rings. The number of carboxylic acid groups (broad SMARTS) is 1. The number of carbonyl (C=O) groups excluding carboxylic acids is 1. The summed E-state index contributed by atoms with van der Waals surface area (Å²) in [4.78, 5) is 24.8. The highest BCUT2D eigenvalue weighted by molar-refractivity contribution is 5.89. The van der Waals surface area contributed by atoms with Gasteiger partial charge in [0.05, 0.1) is 11.9 Å². The molecule has 0 aliphatic heterocycles. The fraction of sp³-hybridized carbons (Fsp3) is 0.286. The van der Waals surface area contributed by atoms with Crippen LogP contribution in [0.15, 0.2) is 54.6 Å². The second-order valence-electron chi connectivity index (χ2n) is 6.96. The van der Waals surface area contributed by atoms with Crippen molar-refractivity contribution >= 4 is 18.4 Å². The molecule has 0 unspecified atom stereocenters. The van der Waals surface area contributed by atoms with Crippen LogP contribution in [0.4, 0.5) is 4.79 Å². The molecule has 2 rings (SSSR count). The Kier molecular flexibility index (Phi) is 8.68. The van der Waals surface area contributed by atoms with Gasteiger partial charge in [-0.15, -0.1) is 0 Å². The van der Waals surface area contributed by atoms with Crippen molar-refractivity contribution < 1.29 is 19.4 Å². The van der Waals surface area contributed by atoms with Gasteiger partial charge in [0, 0.05) is 12.1 Å². The fourth-order valence-corrected chi connectivity index (χ4v) is 2.33. The van der Waals surface area contributed by atoms with Crippen molar-refractivity contribution in [3.8, 4) is 0 Å². The van der Waals surface area contributed by atoms with Crippen LogP contribution in [-0.4, -0.2) is 33.9 Å². The van der Waals surface area contributed by atoms with Crippen LogP contribution in [-0.2, 0) is 17.9 Å². The Morgan fingerprint density at radius 2 is 1.61 bits per heavy atom. The zero-order valence-corrected chi connectivity index (χ0v) is 16.4. The van der Waals surface area contributed by atoms with Gasteiger partial charge in [-0.3, -0.25) is 10.3 Å². The Bertz CT molecular complexity index is 768.